The van der Waals surface area contributed by atoms with E-state index in [1.54, 1.807) is 0 Å². The zero-order valence-electron chi connectivity index (χ0n) is 13.6. The second-order valence-electron chi connectivity index (χ2n) is 5.65. The van der Waals surface area contributed by atoms with E-state index in [-0.39, 0.29) is 33.0 Å². The summed E-state index contributed by atoms with van der Waals surface area (Å²) < 4.78 is 26.8. The molecular formula is C17H10ClF2N3O4. The maximum atomic E-state index is 13.4. The molecule has 0 unspecified atom stereocenters. The van der Waals surface area contributed by atoms with Crippen LogP contribution < -0.4 is 10.7 Å². The molecule has 0 saturated carbocycles. The van der Waals surface area contributed by atoms with Crippen LogP contribution in [0, 0.1) is 21.7 Å². The van der Waals surface area contributed by atoms with Crippen LogP contribution in [-0.2, 0) is 0 Å². The SMILES string of the molecule is CC(=O)c1c(Nc2cc(F)cc(F)c2)[nH]c2c(Cl)cc([N+](=O)[O-])cc2c1=O. The second-order valence-corrected chi connectivity index (χ2v) is 6.06. The average Bonchev–Trinajstić information content (AvgIpc) is 2.54. The number of carbonyl (C=O) groups is 1. The third-order valence-corrected chi connectivity index (χ3v) is 4.04. The number of nitrogens with one attached hydrogen (secondary N) is 2. The molecule has 2 N–H and O–H groups in total. The summed E-state index contributed by atoms with van der Waals surface area (Å²) in [5.74, 6) is -2.52. The average molecular weight is 394 g/mol. The van der Waals surface area contributed by atoms with E-state index in [1.165, 1.54) is 0 Å². The van der Waals surface area contributed by atoms with Gasteiger partial charge in [0.2, 0.25) is 5.43 Å². The minimum absolute atomic E-state index is 0.0386. The topological polar surface area (TPSA) is 105 Å². The molecule has 3 rings (SSSR count). The molecule has 0 atom stereocenters. The number of halogens is 3. The number of rotatable bonds is 4. The van der Waals surface area contributed by atoms with Crippen molar-refractivity contribution in [1.29, 1.82) is 0 Å². The number of nitrogens with zero attached hydrogens (tertiary/aromatic N) is 1. The number of ketones is 1. The van der Waals surface area contributed by atoms with Crippen molar-refractivity contribution in [2.75, 3.05) is 5.32 Å². The van der Waals surface area contributed by atoms with E-state index in [1.807, 2.05) is 0 Å². The highest BCUT2D eigenvalue weighted by Crippen LogP contribution is 2.29. The predicted octanol–water partition coefficient (Wildman–Crippen LogP) is 4.31. The van der Waals surface area contributed by atoms with Gasteiger partial charge >= 0.3 is 0 Å². The van der Waals surface area contributed by atoms with E-state index < -0.39 is 33.5 Å². The number of pyridine rings is 1. The smallest absolute Gasteiger partial charge is 0.271 e. The van der Waals surface area contributed by atoms with Crippen LogP contribution in [0.1, 0.15) is 17.3 Å². The number of benzene rings is 2. The van der Waals surface area contributed by atoms with Gasteiger partial charge in [-0.2, -0.15) is 0 Å². The number of nitro groups is 1. The Morgan fingerprint density at radius 3 is 2.37 bits per heavy atom. The van der Waals surface area contributed by atoms with Gasteiger partial charge in [0.1, 0.15) is 23.0 Å². The lowest BCUT2D eigenvalue weighted by molar-refractivity contribution is -0.384. The van der Waals surface area contributed by atoms with Crippen LogP contribution in [0.25, 0.3) is 10.9 Å². The van der Waals surface area contributed by atoms with E-state index in [4.69, 9.17) is 11.6 Å². The number of anilines is 2. The Kier molecular flexibility index (Phi) is 4.63. The van der Waals surface area contributed by atoms with E-state index >= 15 is 0 Å². The van der Waals surface area contributed by atoms with Crippen LogP contribution in [0.2, 0.25) is 5.02 Å². The lowest BCUT2D eigenvalue weighted by atomic mass is 10.1. The zero-order valence-corrected chi connectivity index (χ0v) is 14.4. The Labute approximate surface area is 154 Å². The standard InChI is InChI=1S/C17H10ClF2N3O4/c1-7(24)14-16(25)12-5-11(23(26)27)6-13(18)15(12)22-17(14)21-10-3-8(19)2-9(20)4-10/h2-6H,1H3,(H2,21,22,25). The normalized spacial score (nSPS) is 10.8. The van der Waals surface area contributed by atoms with Gasteiger partial charge in [0.25, 0.3) is 5.69 Å². The third kappa shape index (κ3) is 3.49. The van der Waals surface area contributed by atoms with Crippen LogP contribution in [0.5, 0.6) is 0 Å². The van der Waals surface area contributed by atoms with Crippen molar-refractivity contribution in [2.24, 2.45) is 0 Å². The van der Waals surface area contributed by atoms with Crippen molar-refractivity contribution in [3.8, 4) is 0 Å². The van der Waals surface area contributed by atoms with Gasteiger partial charge in [-0.1, -0.05) is 11.6 Å². The molecule has 138 valence electrons. The first-order valence-corrected chi connectivity index (χ1v) is 7.83. The molecule has 27 heavy (non-hydrogen) atoms. The highest BCUT2D eigenvalue weighted by molar-refractivity contribution is 6.35. The molecule has 0 aliphatic carbocycles. The number of H-pyrrole nitrogens is 1. The maximum absolute atomic E-state index is 13.4. The molecule has 0 saturated heterocycles. The van der Waals surface area contributed by atoms with E-state index in [9.17, 15) is 28.5 Å². The van der Waals surface area contributed by atoms with E-state index in [2.05, 4.69) is 10.3 Å². The highest BCUT2D eigenvalue weighted by atomic mass is 35.5. The fourth-order valence-corrected chi connectivity index (χ4v) is 2.90. The van der Waals surface area contributed by atoms with Gasteiger partial charge in [0, 0.05) is 23.9 Å². The van der Waals surface area contributed by atoms with Crippen LogP contribution in [0.15, 0.2) is 35.1 Å². The Morgan fingerprint density at radius 1 is 1.19 bits per heavy atom. The van der Waals surface area contributed by atoms with Gasteiger partial charge in [-0.3, -0.25) is 19.7 Å². The summed E-state index contributed by atoms with van der Waals surface area (Å²) >= 11 is 6.03. The Balaban J connectivity index is 2.29. The fraction of sp³-hybridized carbons (Fsp3) is 0.0588. The molecule has 2 aromatic carbocycles. The van der Waals surface area contributed by atoms with Crippen molar-refractivity contribution in [2.45, 2.75) is 6.92 Å². The summed E-state index contributed by atoms with van der Waals surface area (Å²) in [5.41, 5.74) is -1.59. The number of aromatic nitrogens is 1. The lowest BCUT2D eigenvalue weighted by Gasteiger charge is -2.13. The number of hydrogen-bond donors (Lipinski definition) is 2. The number of fused-ring (bicyclic) bond motifs is 1. The van der Waals surface area contributed by atoms with Gasteiger partial charge < -0.3 is 10.3 Å². The molecule has 0 amide bonds. The summed E-state index contributed by atoms with van der Waals surface area (Å²) in [5, 5.41) is 13.3. The summed E-state index contributed by atoms with van der Waals surface area (Å²) in [6.07, 6.45) is 0. The molecule has 0 spiro atoms. The van der Waals surface area contributed by atoms with Gasteiger partial charge in [0.05, 0.1) is 20.8 Å². The van der Waals surface area contributed by atoms with Crippen molar-refractivity contribution in [3.05, 3.63) is 72.9 Å². The molecular weight excluding hydrogens is 384 g/mol. The quantitative estimate of drug-likeness (QED) is 0.390. The van der Waals surface area contributed by atoms with Gasteiger partial charge in [-0.05, 0) is 19.1 Å². The largest absolute Gasteiger partial charge is 0.341 e. The number of hydrogen-bond acceptors (Lipinski definition) is 5. The molecule has 3 aromatic rings. The Hall–Kier alpha value is -3.33. The van der Waals surface area contributed by atoms with Crippen LogP contribution in [-0.4, -0.2) is 15.7 Å². The summed E-state index contributed by atoms with van der Waals surface area (Å²) in [4.78, 5) is 37.7. The van der Waals surface area contributed by atoms with E-state index in [0.29, 0.717) is 6.07 Å². The first kappa shape index (κ1) is 18.5. The first-order valence-electron chi connectivity index (χ1n) is 7.45. The Bertz CT molecular complexity index is 1160. The number of carbonyl (C=O) groups excluding carboxylic acids is 1. The molecule has 0 bridgehead atoms. The van der Waals surface area contributed by atoms with Gasteiger partial charge in [-0.15, -0.1) is 0 Å². The van der Waals surface area contributed by atoms with Crippen molar-refractivity contribution in [3.63, 3.8) is 0 Å². The molecule has 0 aliphatic rings. The van der Waals surface area contributed by atoms with E-state index in [0.717, 1.165) is 31.2 Å². The maximum Gasteiger partial charge on any atom is 0.271 e. The Morgan fingerprint density at radius 2 is 1.81 bits per heavy atom. The summed E-state index contributed by atoms with van der Waals surface area (Å²) in [7, 11) is 0. The zero-order chi connectivity index (χ0) is 19.9. The summed E-state index contributed by atoms with van der Waals surface area (Å²) in [6.45, 7) is 1.12. The number of Topliss-reactive ketones (excluding diaryl/α,β-unsaturated/α-hetero) is 1. The summed E-state index contributed by atoms with van der Waals surface area (Å²) in [6, 6.07) is 4.63. The van der Waals surface area contributed by atoms with Crippen molar-refractivity contribution < 1.29 is 18.5 Å². The third-order valence-electron chi connectivity index (χ3n) is 3.74. The molecule has 1 heterocycles. The predicted molar refractivity (Wildman–Crippen MR) is 95.9 cm³/mol. The van der Waals surface area contributed by atoms with Gasteiger partial charge in [0.15, 0.2) is 5.78 Å². The number of non-ortho nitro benzene ring substituents is 1. The van der Waals surface area contributed by atoms with Crippen LogP contribution in [0.3, 0.4) is 0 Å². The number of nitro benzene ring substituents is 1. The monoisotopic (exact) mass is 393 g/mol. The van der Waals surface area contributed by atoms with Gasteiger partial charge in [-0.25, -0.2) is 8.78 Å². The minimum Gasteiger partial charge on any atom is -0.341 e. The molecule has 7 nitrogen and oxygen atoms in total. The number of aromatic amines is 1. The van der Waals surface area contributed by atoms with Crippen molar-refractivity contribution in [1.82, 2.24) is 4.98 Å². The first-order chi connectivity index (χ1) is 12.7. The minimum atomic E-state index is -0.862. The molecule has 1 aromatic heterocycles. The second kappa shape index (κ2) is 6.76. The fourth-order valence-electron chi connectivity index (χ4n) is 2.64. The van der Waals surface area contributed by atoms with Crippen LogP contribution >= 0.6 is 11.6 Å². The highest BCUT2D eigenvalue weighted by Gasteiger charge is 2.20. The molecule has 0 radical (unpaired) electrons. The van der Waals surface area contributed by atoms with Crippen molar-refractivity contribution >= 4 is 45.5 Å². The molecule has 0 fully saturated rings. The molecule has 10 heteroatoms. The lowest BCUT2D eigenvalue weighted by Crippen LogP contribution is -2.18. The molecule has 0 aliphatic heterocycles. The van der Waals surface area contributed by atoms with Crippen LogP contribution in [0.4, 0.5) is 26.0 Å².